The van der Waals surface area contributed by atoms with Gasteiger partial charge < -0.3 is 15.7 Å². The van der Waals surface area contributed by atoms with Crippen molar-refractivity contribution in [3.05, 3.63) is 53.1 Å². The van der Waals surface area contributed by atoms with Gasteiger partial charge in [-0.2, -0.15) is 0 Å². The summed E-state index contributed by atoms with van der Waals surface area (Å²) in [6.07, 6.45) is 0. The van der Waals surface area contributed by atoms with Crippen LogP contribution in [0.5, 0.6) is 5.75 Å². The van der Waals surface area contributed by atoms with Crippen LogP contribution in [-0.2, 0) is 0 Å². The number of halogens is 1. The van der Waals surface area contributed by atoms with Gasteiger partial charge >= 0.3 is 6.03 Å². The fourth-order valence-corrected chi connectivity index (χ4v) is 1.77. The fourth-order valence-electron chi connectivity index (χ4n) is 1.60. The van der Waals surface area contributed by atoms with Crippen LogP contribution in [0.1, 0.15) is 5.56 Å². The number of hydrogen-bond acceptors (Lipinski definition) is 2. The number of carbonyl (C=O) groups is 1. The van der Waals surface area contributed by atoms with E-state index in [2.05, 4.69) is 10.6 Å². The molecule has 0 unspecified atom stereocenters. The molecule has 0 aliphatic heterocycles. The van der Waals surface area contributed by atoms with E-state index in [-0.39, 0.29) is 11.4 Å². The molecule has 2 aromatic rings. The summed E-state index contributed by atoms with van der Waals surface area (Å²) in [6.45, 7) is 1.90. The molecule has 0 bridgehead atoms. The van der Waals surface area contributed by atoms with Crippen molar-refractivity contribution in [1.82, 2.24) is 0 Å². The monoisotopic (exact) mass is 276 g/mol. The number of hydrogen-bond donors (Lipinski definition) is 3. The third kappa shape index (κ3) is 3.39. The smallest absolute Gasteiger partial charge is 0.323 e. The molecule has 0 radical (unpaired) electrons. The zero-order valence-electron chi connectivity index (χ0n) is 10.3. The molecule has 0 saturated carbocycles. The first kappa shape index (κ1) is 13.2. The standard InChI is InChI=1S/C14H13ClN2O2/c1-9-4-2-3-5-11(9)16-14(19)17-12-8-10(15)6-7-13(12)18/h2-8,18H,1H3,(H2,16,17,19). The number of para-hydroxylation sites is 1. The third-order valence-corrected chi connectivity index (χ3v) is 2.84. The predicted molar refractivity (Wildman–Crippen MR) is 76.9 cm³/mol. The topological polar surface area (TPSA) is 61.4 Å². The van der Waals surface area contributed by atoms with Gasteiger partial charge in [0.1, 0.15) is 5.75 Å². The lowest BCUT2D eigenvalue weighted by molar-refractivity contribution is 0.262. The van der Waals surface area contributed by atoms with Crippen LogP contribution in [0, 0.1) is 6.92 Å². The lowest BCUT2D eigenvalue weighted by Crippen LogP contribution is -2.19. The zero-order chi connectivity index (χ0) is 13.8. The van der Waals surface area contributed by atoms with Crippen LogP contribution < -0.4 is 10.6 Å². The van der Waals surface area contributed by atoms with Gasteiger partial charge in [0.2, 0.25) is 0 Å². The zero-order valence-corrected chi connectivity index (χ0v) is 11.0. The number of anilines is 2. The molecule has 0 fully saturated rings. The van der Waals surface area contributed by atoms with Gasteiger partial charge in [-0.1, -0.05) is 29.8 Å². The minimum atomic E-state index is -0.438. The molecule has 5 heteroatoms. The van der Waals surface area contributed by atoms with Crippen molar-refractivity contribution >= 4 is 29.0 Å². The second-order valence-electron chi connectivity index (χ2n) is 4.06. The van der Waals surface area contributed by atoms with Crippen LogP contribution in [0.25, 0.3) is 0 Å². The van der Waals surface area contributed by atoms with E-state index in [0.717, 1.165) is 5.56 Å². The lowest BCUT2D eigenvalue weighted by atomic mass is 10.2. The van der Waals surface area contributed by atoms with Crippen molar-refractivity contribution in [3.63, 3.8) is 0 Å². The first-order valence-electron chi connectivity index (χ1n) is 5.68. The average molecular weight is 277 g/mol. The van der Waals surface area contributed by atoms with E-state index in [1.54, 1.807) is 12.1 Å². The molecule has 2 rings (SSSR count). The summed E-state index contributed by atoms with van der Waals surface area (Å²) in [5.41, 5.74) is 1.92. The Morgan fingerprint density at radius 3 is 2.53 bits per heavy atom. The third-order valence-electron chi connectivity index (χ3n) is 2.60. The van der Waals surface area contributed by atoms with Crippen LogP contribution in [-0.4, -0.2) is 11.1 Å². The normalized spacial score (nSPS) is 10.0. The van der Waals surface area contributed by atoms with Gasteiger partial charge in [0, 0.05) is 10.7 Å². The Bertz CT molecular complexity index is 614. The van der Waals surface area contributed by atoms with Gasteiger partial charge in [-0.15, -0.1) is 0 Å². The molecule has 19 heavy (non-hydrogen) atoms. The summed E-state index contributed by atoms with van der Waals surface area (Å²) in [7, 11) is 0. The molecular weight excluding hydrogens is 264 g/mol. The van der Waals surface area contributed by atoms with Gasteiger partial charge in [0.25, 0.3) is 0 Å². The Kier molecular flexibility index (Phi) is 3.92. The Morgan fingerprint density at radius 2 is 1.79 bits per heavy atom. The van der Waals surface area contributed by atoms with Crippen molar-refractivity contribution < 1.29 is 9.90 Å². The molecule has 0 aliphatic rings. The van der Waals surface area contributed by atoms with Crippen molar-refractivity contribution in [1.29, 1.82) is 0 Å². The summed E-state index contributed by atoms with van der Waals surface area (Å²) in [5, 5.41) is 15.3. The second kappa shape index (κ2) is 5.63. The van der Waals surface area contributed by atoms with Crippen molar-refractivity contribution in [2.24, 2.45) is 0 Å². The number of urea groups is 1. The minimum absolute atomic E-state index is 0.0377. The molecule has 4 nitrogen and oxygen atoms in total. The minimum Gasteiger partial charge on any atom is -0.506 e. The average Bonchev–Trinajstić information content (AvgIpc) is 2.37. The molecule has 0 atom stereocenters. The van der Waals surface area contributed by atoms with Crippen molar-refractivity contribution in [2.45, 2.75) is 6.92 Å². The molecule has 2 aromatic carbocycles. The molecule has 0 heterocycles. The summed E-state index contributed by atoms with van der Waals surface area (Å²) in [6, 6.07) is 11.4. The maximum absolute atomic E-state index is 11.8. The summed E-state index contributed by atoms with van der Waals surface area (Å²) >= 11 is 5.80. The highest BCUT2D eigenvalue weighted by Crippen LogP contribution is 2.26. The fraction of sp³-hybridized carbons (Fsp3) is 0.0714. The molecule has 98 valence electrons. The number of phenols is 1. The maximum Gasteiger partial charge on any atom is 0.323 e. The van der Waals surface area contributed by atoms with E-state index in [4.69, 9.17) is 11.6 Å². The van der Waals surface area contributed by atoms with Crippen molar-refractivity contribution in [3.8, 4) is 5.75 Å². The molecule has 0 aromatic heterocycles. The number of amides is 2. The van der Waals surface area contributed by atoms with Gasteiger partial charge in [-0.25, -0.2) is 4.79 Å². The summed E-state index contributed by atoms with van der Waals surface area (Å²) < 4.78 is 0. The number of benzene rings is 2. The molecule has 2 amide bonds. The van der Waals surface area contributed by atoms with Crippen LogP contribution >= 0.6 is 11.6 Å². The Balaban J connectivity index is 2.10. The quantitative estimate of drug-likeness (QED) is 0.726. The maximum atomic E-state index is 11.8. The first-order chi connectivity index (χ1) is 9.06. The number of nitrogens with one attached hydrogen (secondary N) is 2. The lowest BCUT2D eigenvalue weighted by Gasteiger charge is -2.10. The predicted octanol–water partition coefficient (Wildman–Crippen LogP) is 4.00. The van der Waals surface area contributed by atoms with E-state index in [1.165, 1.54) is 12.1 Å². The Labute approximate surface area is 116 Å². The summed E-state index contributed by atoms with van der Waals surface area (Å²) in [4.78, 5) is 11.8. The molecule has 0 saturated heterocycles. The van der Waals surface area contributed by atoms with Gasteiger partial charge in [-0.05, 0) is 36.8 Å². The van der Waals surface area contributed by atoms with E-state index in [1.807, 2.05) is 25.1 Å². The van der Waals surface area contributed by atoms with Crippen LogP contribution in [0.2, 0.25) is 5.02 Å². The van der Waals surface area contributed by atoms with Crippen LogP contribution in [0.15, 0.2) is 42.5 Å². The van der Waals surface area contributed by atoms with E-state index < -0.39 is 6.03 Å². The Morgan fingerprint density at radius 1 is 1.11 bits per heavy atom. The highest BCUT2D eigenvalue weighted by molar-refractivity contribution is 6.31. The highest BCUT2D eigenvalue weighted by Gasteiger charge is 2.08. The first-order valence-corrected chi connectivity index (χ1v) is 6.06. The van der Waals surface area contributed by atoms with Crippen molar-refractivity contribution in [2.75, 3.05) is 10.6 Å². The largest absolute Gasteiger partial charge is 0.506 e. The number of phenolic OH excluding ortho intramolecular Hbond substituents is 1. The van der Waals surface area contributed by atoms with Crippen LogP contribution in [0.4, 0.5) is 16.2 Å². The van der Waals surface area contributed by atoms with E-state index >= 15 is 0 Å². The number of carbonyl (C=O) groups excluding carboxylic acids is 1. The SMILES string of the molecule is Cc1ccccc1NC(=O)Nc1cc(Cl)ccc1O. The van der Waals surface area contributed by atoms with E-state index in [0.29, 0.717) is 10.7 Å². The number of aromatic hydroxyl groups is 1. The van der Waals surface area contributed by atoms with E-state index in [9.17, 15) is 9.90 Å². The highest BCUT2D eigenvalue weighted by atomic mass is 35.5. The number of aryl methyl sites for hydroxylation is 1. The molecule has 3 N–H and O–H groups in total. The van der Waals surface area contributed by atoms with Gasteiger partial charge in [-0.3, -0.25) is 0 Å². The molecular formula is C14H13ClN2O2. The summed E-state index contributed by atoms with van der Waals surface area (Å²) in [5.74, 6) is -0.0377. The number of rotatable bonds is 2. The Hall–Kier alpha value is -2.20. The molecule has 0 spiro atoms. The second-order valence-corrected chi connectivity index (χ2v) is 4.49. The van der Waals surface area contributed by atoms with Gasteiger partial charge in [0.15, 0.2) is 0 Å². The van der Waals surface area contributed by atoms with Gasteiger partial charge in [0.05, 0.1) is 5.69 Å². The molecule has 0 aliphatic carbocycles. The van der Waals surface area contributed by atoms with Crippen LogP contribution in [0.3, 0.4) is 0 Å².